The standard InChI is InChI=1S/C14H19NO3S/c1-10-4-6-14(7-5-10,13(17)18)15-12(16)9-11-3-2-8-19-11/h2-3,8,10H,4-7,9H2,1H3,(H,15,16)(H,17,18). The molecule has 4 nitrogen and oxygen atoms in total. The highest BCUT2D eigenvalue weighted by Crippen LogP contribution is 2.32. The molecule has 1 aromatic heterocycles. The first-order chi connectivity index (χ1) is 9.02. The van der Waals surface area contributed by atoms with Gasteiger partial charge in [-0.15, -0.1) is 11.3 Å². The summed E-state index contributed by atoms with van der Waals surface area (Å²) in [6.45, 7) is 2.12. The van der Waals surface area contributed by atoms with Gasteiger partial charge >= 0.3 is 5.97 Å². The van der Waals surface area contributed by atoms with Crippen molar-refractivity contribution in [3.05, 3.63) is 22.4 Å². The Hall–Kier alpha value is -1.36. The van der Waals surface area contributed by atoms with Gasteiger partial charge in [0, 0.05) is 4.88 Å². The van der Waals surface area contributed by atoms with E-state index in [1.165, 1.54) is 11.3 Å². The van der Waals surface area contributed by atoms with Gasteiger partial charge in [-0.3, -0.25) is 4.79 Å². The van der Waals surface area contributed by atoms with Gasteiger partial charge in [0.25, 0.3) is 0 Å². The Morgan fingerprint density at radius 3 is 2.68 bits per heavy atom. The third-order valence-electron chi connectivity index (χ3n) is 3.83. The summed E-state index contributed by atoms with van der Waals surface area (Å²) in [5, 5.41) is 14.1. The lowest BCUT2D eigenvalue weighted by atomic mass is 9.77. The fourth-order valence-electron chi connectivity index (χ4n) is 2.53. The maximum absolute atomic E-state index is 12.0. The minimum Gasteiger partial charge on any atom is -0.480 e. The molecule has 104 valence electrons. The van der Waals surface area contributed by atoms with E-state index in [4.69, 9.17) is 0 Å². The minimum atomic E-state index is -1.05. The Balaban J connectivity index is 2.01. The van der Waals surface area contributed by atoms with E-state index in [0.29, 0.717) is 18.8 Å². The van der Waals surface area contributed by atoms with Crippen LogP contribution in [0.3, 0.4) is 0 Å². The summed E-state index contributed by atoms with van der Waals surface area (Å²) in [7, 11) is 0. The molecule has 1 aliphatic carbocycles. The third kappa shape index (κ3) is 3.35. The van der Waals surface area contributed by atoms with Crippen molar-refractivity contribution in [2.45, 2.75) is 44.6 Å². The monoisotopic (exact) mass is 281 g/mol. The molecular weight excluding hydrogens is 262 g/mol. The molecule has 2 N–H and O–H groups in total. The Morgan fingerprint density at radius 1 is 1.47 bits per heavy atom. The van der Waals surface area contributed by atoms with Crippen LogP contribution in [0.5, 0.6) is 0 Å². The molecular formula is C14H19NO3S. The largest absolute Gasteiger partial charge is 0.480 e. The molecule has 0 unspecified atom stereocenters. The van der Waals surface area contributed by atoms with E-state index in [0.717, 1.165) is 17.7 Å². The van der Waals surface area contributed by atoms with Crippen LogP contribution in [0.25, 0.3) is 0 Å². The first-order valence-corrected chi connectivity index (χ1v) is 7.46. The molecule has 0 atom stereocenters. The summed E-state index contributed by atoms with van der Waals surface area (Å²) in [5.41, 5.74) is -1.05. The minimum absolute atomic E-state index is 0.195. The summed E-state index contributed by atoms with van der Waals surface area (Å²) in [6, 6.07) is 3.78. The van der Waals surface area contributed by atoms with Gasteiger partial charge < -0.3 is 10.4 Å². The Bertz CT molecular complexity index is 447. The number of hydrogen-bond acceptors (Lipinski definition) is 3. The van der Waals surface area contributed by atoms with Crippen molar-refractivity contribution in [1.29, 1.82) is 0 Å². The fraction of sp³-hybridized carbons (Fsp3) is 0.571. The summed E-state index contributed by atoms with van der Waals surface area (Å²) in [6.07, 6.45) is 3.03. The average molecular weight is 281 g/mol. The topological polar surface area (TPSA) is 66.4 Å². The maximum atomic E-state index is 12.0. The first-order valence-electron chi connectivity index (χ1n) is 6.59. The van der Waals surface area contributed by atoms with Gasteiger partial charge in [-0.2, -0.15) is 0 Å². The molecule has 1 aliphatic rings. The fourth-order valence-corrected chi connectivity index (χ4v) is 3.23. The van der Waals surface area contributed by atoms with Crippen LogP contribution in [0.15, 0.2) is 17.5 Å². The molecule has 2 rings (SSSR count). The van der Waals surface area contributed by atoms with Gasteiger partial charge in [0.15, 0.2) is 0 Å². The van der Waals surface area contributed by atoms with Gasteiger partial charge in [-0.25, -0.2) is 4.79 Å². The van der Waals surface area contributed by atoms with Crippen molar-refractivity contribution in [3.8, 4) is 0 Å². The number of hydrogen-bond donors (Lipinski definition) is 2. The lowest BCUT2D eigenvalue weighted by Crippen LogP contribution is -2.56. The molecule has 1 amide bonds. The highest BCUT2D eigenvalue weighted by molar-refractivity contribution is 7.10. The predicted molar refractivity (Wildman–Crippen MR) is 74.2 cm³/mol. The van der Waals surface area contributed by atoms with Crippen molar-refractivity contribution in [1.82, 2.24) is 5.32 Å². The molecule has 1 fully saturated rings. The van der Waals surface area contributed by atoms with Crippen LogP contribution in [0.4, 0.5) is 0 Å². The van der Waals surface area contributed by atoms with Gasteiger partial charge in [-0.1, -0.05) is 13.0 Å². The van der Waals surface area contributed by atoms with E-state index in [9.17, 15) is 14.7 Å². The van der Waals surface area contributed by atoms with E-state index in [-0.39, 0.29) is 12.3 Å². The van der Waals surface area contributed by atoms with Crippen molar-refractivity contribution in [2.75, 3.05) is 0 Å². The number of nitrogens with one attached hydrogen (secondary N) is 1. The normalized spacial score (nSPS) is 26.9. The molecule has 0 saturated heterocycles. The van der Waals surface area contributed by atoms with E-state index < -0.39 is 11.5 Å². The number of thiophene rings is 1. The Morgan fingerprint density at radius 2 is 2.16 bits per heavy atom. The molecule has 1 heterocycles. The van der Waals surface area contributed by atoms with Crippen LogP contribution in [-0.2, 0) is 16.0 Å². The molecule has 0 aliphatic heterocycles. The number of carbonyl (C=O) groups is 2. The van der Waals surface area contributed by atoms with Crippen LogP contribution in [0.1, 0.15) is 37.5 Å². The predicted octanol–water partition coefficient (Wildman–Crippen LogP) is 2.44. The second kappa shape index (κ2) is 5.74. The van der Waals surface area contributed by atoms with Crippen LogP contribution in [0.2, 0.25) is 0 Å². The SMILES string of the molecule is CC1CCC(NC(=O)Cc2cccs2)(C(=O)O)CC1. The molecule has 19 heavy (non-hydrogen) atoms. The van der Waals surface area contributed by atoms with E-state index in [1.54, 1.807) is 0 Å². The van der Waals surface area contributed by atoms with Crippen molar-refractivity contribution in [3.63, 3.8) is 0 Å². The zero-order chi connectivity index (χ0) is 13.9. The summed E-state index contributed by atoms with van der Waals surface area (Å²) in [4.78, 5) is 24.5. The molecule has 1 saturated carbocycles. The van der Waals surface area contributed by atoms with Gasteiger partial charge in [0.2, 0.25) is 5.91 Å². The van der Waals surface area contributed by atoms with E-state index in [1.807, 2.05) is 17.5 Å². The average Bonchev–Trinajstić information content (AvgIpc) is 2.84. The second-order valence-electron chi connectivity index (χ2n) is 5.37. The number of carboxylic acid groups (broad SMARTS) is 1. The number of amides is 1. The first kappa shape index (κ1) is 14.1. The number of carbonyl (C=O) groups excluding carboxylic acids is 1. The lowest BCUT2D eigenvalue weighted by molar-refractivity contribution is -0.149. The maximum Gasteiger partial charge on any atom is 0.329 e. The third-order valence-corrected chi connectivity index (χ3v) is 4.71. The molecule has 0 bridgehead atoms. The number of rotatable bonds is 4. The van der Waals surface area contributed by atoms with Gasteiger partial charge in [0.05, 0.1) is 6.42 Å². The smallest absolute Gasteiger partial charge is 0.329 e. The molecule has 1 aromatic rings. The van der Waals surface area contributed by atoms with Crippen molar-refractivity contribution in [2.24, 2.45) is 5.92 Å². The Kier molecular flexibility index (Phi) is 4.24. The van der Waals surface area contributed by atoms with Crippen molar-refractivity contribution >= 4 is 23.2 Å². The number of aliphatic carboxylic acids is 1. The van der Waals surface area contributed by atoms with Crippen molar-refractivity contribution < 1.29 is 14.7 Å². The van der Waals surface area contributed by atoms with E-state index in [2.05, 4.69) is 12.2 Å². The zero-order valence-electron chi connectivity index (χ0n) is 11.0. The van der Waals surface area contributed by atoms with Crippen LogP contribution in [0, 0.1) is 5.92 Å². The molecule has 0 radical (unpaired) electrons. The molecule has 5 heteroatoms. The van der Waals surface area contributed by atoms with Gasteiger partial charge in [-0.05, 0) is 43.0 Å². The van der Waals surface area contributed by atoms with Crippen LogP contribution in [-0.4, -0.2) is 22.5 Å². The lowest BCUT2D eigenvalue weighted by Gasteiger charge is -2.36. The molecule has 0 aromatic carbocycles. The summed E-state index contributed by atoms with van der Waals surface area (Å²) in [5.74, 6) is -0.556. The highest BCUT2D eigenvalue weighted by Gasteiger charge is 2.42. The highest BCUT2D eigenvalue weighted by atomic mass is 32.1. The zero-order valence-corrected chi connectivity index (χ0v) is 11.8. The van der Waals surface area contributed by atoms with E-state index >= 15 is 0 Å². The second-order valence-corrected chi connectivity index (χ2v) is 6.41. The van der Waals surface area contributed by atoms with Crippen LogP contribution < -0.4 is 5.32 Å². The quantitative estimate of drug-likeness (QED) is 0.891. The summed E-state index contributed by atoms with van der Waals surface area (Å²) >= 11 is 1.51. The molecule has 0 spiro atoms. The number of carboxylic acids is 1. The van der Waals surface area contributed by atoms with Gasteiger partial charge in [0.1, 0.15) is 5.54 Å². The summed E-state index contributed by atoms with van der Waals surface area (Å²) < 4.78 is 0. The Labute approximate surface area is 116 Å². The van der Waals surface area contributed by atoms with Crippen LogP contribution >= 0.6 is 11.3 Å².